The molecule has 0 aliphatic carbocycles. The van der Waals surface area contributed by atoms with Gasteiger partial charge in [0.25, 0.3) is 0 Å². The van der Waals surface area contributed by atoms with Crippen molar-refractivity contribution in [2.24, 2.45) is 5.73 Å². The molecule has 0 radical (unpaired) electrons. The van der Waals surface area contributed by atoms with Gasteiger partial charge in [0.2, 0.25) is 0 Å². The Kier molecular flexibility index (Phi) is 4.79. The summed E-state index contributed by atoms with van der Waals surface area (Å²) >= 11 is 1.78. The Labute approximate surface area is 124 Å². The molecule has 0 bridgehead atoms. The van der Waals surface area contributed by atoms with Gasteiger partial charge in [0.05, 0.1) is 0 Å². The van der Waals surface area contributed by atoms with Crippen molar-refractivity contribution in [3.8, 4) is 0 Å². The van der Waals surface area contributed by atoms with Crippen molar-refractivity contribution in [2.45, 2.75) is 24.5 Å². The van der Waals surface area contributed by atoms with Crippen LogP contribution in [0.1, 0.15) is 11.9 Å². The van der Waals surface area contributed by atoms with Gasteiger partial charge in [-0.05, 0) is 0 Å². The van der Waals surface area contributed by atoms with Crippen molar-refractivity contribution in [1.29, 1.82) is 0 Å². The molecule has 2 heterocycles. The van der Waals surface area contributed by atoms with Crippen LogP contribution in [-0.4, -0.2) is 60.2 Å². The van der Waals surface area contributed by atoms with Crippen LogP contribution < -0.4 is 11.1 Å². The minimum atomic E-state index is -1.28. The zero-order chi connectivity index (χ0) is 14.9. The molecule has 1 aliphatic rings. The molecule has 10 heteroatoms. The molecule has 1 aromatic heterocycles. The zero-order valence-corrected chi connectivity index (χ0v) is 12.3. The van der Waals surface area contributed by atoms with Crippen molar-refractivity contribution in [3.05, 3.63) is 12.0 Å². The summed E-state index contributed by atoms with van der Waals surface area (Å²) in [5.41, 5.74) is 5.48. The van der Waals surface area contributed by atoms with Gasteiger partial charge in [0.1, 0.15) is 0 Å². The molecule has 4 atom stereocenters. The molecule has 4 unspecified atom stereocenters. The van der Waals surface area contributed by atoms with Crippen LogP contribution >= 0.6 is 0 Å². The maximum absolute atomic E-state index is 10.8. The van der Waals surface area contributed by atoms with Crippen LogP contribution in [0, 0.1) is 0 Å². The van der Waals surface area contributed by atoms with E-state index in [1.165, 1.54) is 10.9 Å². The van der Waals surface area contributed by atoms with Crippen LogP contribution in [0.15, 0.2) is 6.33 Å². The Morgan fingerprint density at radius 3 is 2.80 bits per heavy atom. The fraction of sp³-hybridized carbons (Fsp3) is 0.500. The molecule has 1 aromatic rings. The predicted molar refractivity (Wildman–Crippen MR) is 62.8 cm³/mol. The maximum atomic E-state index is 10.8. The molecular formula is C10H13N4O5Pt-. The fourth-order valence-electron chi connectivity index (χ4n) is 1.97. The molecule has 20 heavy (non-hydrogen) atoms. The zero-order valence-electron chi connectivity index (χ0n) is 10.0. The average Bonchev–Trinajstić information content (AvgIpc) is 2.92. The van der Waals surface area contributed by atoms with Crippen LogP contribution in [0.3, 0.4) is 0 Å². The summed E-state index contributed by atoms with van der Waals surface area (Å²) in [5, 5.41) is 31.4. The third-order valence-corrected chi connectivity index (χ3v) is 3.20. The van der Waals surface area contributed by atoms with E-state index < -0.39 is 31.1 Å². The quantitative estimate of drug-likeness (QED) is 0.290. The van der Waals surface area contributed by atoms with E-state index in [0.717, 1.165) is 0 Å². The van der Waals surface area contributed by atoms with E-state index in [-0.39, 0.29) is 15.7 Å². The Morgan fingerprint density at radius 2 is 2.30 bits per heavy atom. The van der Waals surface area contributed by atoms with Crippen molar-refractivity contribution in [1.82, 2.24) is 9.55 Å². The summed E-state index contributed by atoms with van der Waals surface area (Å²) in [5.74, 6) is 0.183. The molecule has 0 spiro atoms. The summed E-state index contributed by atoms with van der Waals surface area (Å²) in [7, 11) is 0. The van der Waals surface area contributed by atoms with Crippen molar-refractivity contribution in [3.63, 3.8) is 0 Å². The molecule has 9 nitrogen and oxygen atoms in total. The Hall–Kier alpha value is -0.962. The number of aromatic nitrogens is 2. The van der Waals surface area contributed by atoms with Gasteiger partial charge in [-0.3, -0.25) is 0 Å². The van der Waals surface area contributed by atoms with Gasteiger partial charge in [-0.15, -0.1) is 0 Å². The van der Waals surface area contributed by atoms with Crippen LogP contribution in [0.5, 0.6) is 0 Å². The summed E-state index contributed by atoms with van der Waals surface area (Å²) in [6, 6.07) is 0. The van der Waals surface area contributed by atoms with E-state index >= 15 is 0 Å². The second-order valence-electron chi connectivity index (χ2n) is 4.12. The molecule has 114 valence electrons. The minimum absolute atomic E-state index is 0.0391. The van der Waals surface area contributed by atoms with E-state index in [1.54, 1.807) is 25.6 Å². The van der Waals surface area contributed by atoms with E-state index in [9.17, 15) is 15.0 Å². The van der Waals surface area contributed by atoms with E-state index in [0.29, 0.717) is 0 Å². The number of hydrogen-bond acceptors (Lipinski definition) is 8. The van der Waals surface area contributed by atoms with Crippen LogP contribution in [0.2, 0.25) is 0 Å². The topological polar surface area (TPSA) is 143 Å². The molecule has 0 saturated carbocycles. The first-order valence-corrected chi connectivity index (χ1v) is 6.72. The van der Waals surface area contributed by atoms with Crippen LogP contribution in [0.4, 0.5) is 5.82 Å². The molecule has 1 fully saturated rings. The summed E-state index contributed by atoms with van der Waals surface area (Å²) in [6.45, 7) is -0.445. The Morgan fingerprint density at radius 1 is 1.60 bits per heavy atom. The van der Waals surface area contributed by atoms with Gasteiger partial charge < -0.3 is 0 Å². The number of nitrogens with one attached hydrogen (secondary N) is 1. The van der Waals surface area contributed by atoms with Gasteiger partial charge >= 0.3 is 124 Å². The van der Waals surface area contributed by atoms with E-state index in [1.807, 2.05) is 0 Å². The second kappa shape index (κ2) is 6.21. The van der Waals surface area contributed by atoms with Gasteiger partial charge in [-0.1, -0.05) is 0 Å². The Bertz CT molecular complexity index is 522. The number of aliphatic hydroxyl groups is 3. The molecule has 6 N–H and O–H groups in total. The number of nitrogens with zero attached hydrogens (tertiary/aromatic N) is 2. The third-order valence-electron chi connectivity index (χ3n) is 2.91. The van der Waals surface area contributed by atoms with Crippen LogP contribution in [0.25, 0.3) is 0 Å². The number of imidazole rings is 1. The first-order valence-electron chi connectivity index (χ1n) is 5.59. The predicted octanol–water partition coefficient (Wildman–Crippen LogP) is -3.04. The first-order chi connectivity index (χ1) is 9.49. The summed E-state index contributed by atoms with van der Waals surface area (Å²) in [6.07, 6.45) is -1.57. The number of rotatable bonds is 5. The molecule has 1 saturated heterocycles. The monoisotopic (exact) mass is 464 g/mol. The number of hydrogen-bond donors (Lipinski definition) is 5. The Balaban J connectivity index is 2.35. The van der Waals surface area contributed by atoms with Gasteiger partial charge in [0.15, 0.2) is 0 Å². The fourth-order valence-corrected chi connectivity index (χ4v) is 2.24. The molecule has 1 aliphatic heterocycles. The van der Waals surface area contributed by atoms with Crippen molar-refractivity contribution < 1.29 is 44.2 Å². The van der Waals surface area contributed by atoms with Crippen molar-refractivity contribution >= 4 is 16.2 Å². The SMILES string of the molecule is N[C](=[Pt])Nc1c([C-]=O)ncn1C1OC(CO)C(O)C1O. The molecule has 2 rings (SSSR count). The van der Waals surface area contributed by atoms with Crippen molar-refractivity contribution in [2.75, 3.05) is 11.9 Å². The van der Waals surface area contributed by atoms with E-state index in [2.05, 4.69) is 10.3 Å². The number of carbonyl (C=O) groups excluding carboxylic acids is 1. The third kappa shape index (κ3) is 2.73. The van der Waals surface area contributed by atoms with Gasteiger partial charge in [0, 0.05) is 0 Å². The van der Waals surface area contributed by atoms with E-state index in [4.69, 9.17) is 15.6 Å². The van der Waals surface area contributed by atoms with Crippen LogP contribution in [-0.2, 0) is 28.9 Å². The van der Waals surface area contributed by atoms with Gasteiger partial charge in [-0.2, -0.15) is 0 Å². The number of anilines is 1. The number of aliphatic hydroxyl groups excluding tert-OH is 3. The number of ether oxygens (including phenoxy) is 1. The summed E-state index contributed by atoms with van der Waals surface area (Å²) in [4.78, 5) is 14.6. The normalized spacial score (nSPS) is 29.5. The molecular weight excluding hydrogens is 451 g/mol. The standard InChI is InChI=1S/C10H13N4O5.Pt/c11-3-12-9-5(1-15)13-4-14(9)10-8(18)7(17)6(2-16)19-10;/h4,6-8,10,12,16-18H,2,11H2;/q-1;. The first kappa shape index (κ1) is 15.4. The molecule has 0 amide bonds. The average molecular weight is 464 g/mol. The summed E-state index contributed by atoms with van der Waals surface area (Å²) < 4.78 is 6.94. The number of nitrogens with two attached hydrogens (primary N) is 1. The van der Waals surface area contributed by atoms with Gasteiger partial charge in [-0.25, -0.2) is 0 Å². The second-order valence-corrected chi connectivity index (χ2v) is 5.34. The molecule has 0 aromatic carbocycles.